The number of rotatable bonds is 5. The minimum atomic E-state index is -0.403. The van der Waals surface area contributed by atoms with E-state index in [0.717, 1.165) is 5.56 Å². The molecule has 0 aliphatic heterocycles. The molecule has 1 unspecified atom stereocenters. The summed E-state index contributed by atoms with van der Waals surface area (Å²) in [6.45, 7) is 3.33. The highest BCUT2D eigenvalue weighted by molar-refractivity contribution is 6.42. The molecule has 0 saturated carbocycles. The average Bonchev–Trinajstić information content (AvgIpc) is 2.69. The van der Waals surface area contributed by atoms with E-state index in [1.165, 1.54) is 18.2 Å². The summed E-state index contributed by atoms with van der Waals surface area (Å²) in [5.74, 6) is -0.752. The summed E-state index contributed by atoms with van der Waals surface area (Å²) < 4.78 is 13.4. The van der Waals surface area contributed by atoms with E-state index in [-0.39, 0.29) is 24.2 Å². The van der Waals surface area contributed by atoms with Crippen molar-refractivity contribution in [1.82, 2.24) is 10.3 Å². The summed E-state index contributed by atoms with van der Waals surface area (Å²) in [7, 11) is 0. The van der Waals surface area contributed by atoms with Gasteiger partial charge in [0, 0.05) is 5.56 Å². The number of carbonyl (C=O) groups excluding carboxylic acids is 1. The number of nitrogens with zero attached hydrogens (tertiary/aromatic N) is 1. The van der Waals surface area contributed by atoms with Crippen molar-refractivity contribution in [2.24, 2.45) is 0 Å². The largest absolute Gasteiger partial charge is 0.392 e. The van der Waals surface area contributed by atoms with Gasteiger partial charge in [-0.3, -0.25) is 4.79 Å². The van der Waals surface area contributed by atoms with E-state index >= 15 is 0 Å². The summed E-state index contributed by atoms with van der Waals surface area (Å²) >= 11 is 12.0. The van der Waals surface area contributed by atoms with E-state index < -0.39 is 5.91 Å². The quantitative estimate of drug-likeness (QED) is 0.560. The van der Waals surface area contributed by atoms with E-state index in [4.69, 9.17) is 23.2 Å². The topological polar surface area (TPSA) is 62.2 Å². The highest BCUT2D eigenvalue weighted by Gasteiger charge is 2.16. The predicted molar refractivity (Wildman–Crippen MR) is 113 cm³/mol. The molecule has 0 fully saturated rings. The van der Waals surface area contributed by atoms with Gasteiger partial charge in [-0.2, -0.15) is 0 Å². The van der Waals surface area contributed by atoms with Crippen molar-refractivity contribution in [3.8, 4) is 11.3 Å². The van der Waals surface area contributed by atoms with Gasteiger partial charge >= 0.3 is 0 Å². The number of halogens is 3. The third kappa shape index (κ3) is 4.93. The van der Waals surface area contributed by atoms with Crippen LogP contribution in [0.3, 0.4) is 0 Å². The Morgan fingerprint density at radius 3 is 2.55 bits per heavy atom. The molecule has 1 amide bonds. The van der Waals surface area contributed by atoms with Gasteiger partial charge in [0.1, 0.15) is 11.5 Å². The van der Waals surface area contributed by atoms with Crippen LogP contribution in [0, 0.1) is 12.7 Å². The Morgan fingerprint density at radius 1 is 1.14 bits per heavy atom. The number of carbonyl (C=O) groups is 1. The van der Waals surface area contributed by atoms with Crippen LogP contribution < -0.4 is 5.32 Å². The molecule has 29 heavy (non-hydrogen) atoms. The fourth-order valence-corrected chi connectivity index (χ4v) is 3.29. The van der Waals surface area contributed by atoms with Gasteiger partial charge in [-0.1, -0.05) is 29.3 Å². The molecule has 4 nitrogen and oxygen atoms in total. The highest BCUT2D eigenvalue weighted by atomic mass is 35.5. The molecule has 0 aliphatic carbocycles. The first kappa shape index (κ1) is 21.2. The molecule has 0 spiro atoms. The van der Waals surface area contributed by atoms with Crippen molar-refractivity contribution in [3.05, 3.63) is 86.8 Å². The lowest BCUT2D eigenvalue weighted by atomic mass is 10.0. The number of hydrogen-bond donors (Lipinski definition) is 2. The van der Waals surface area contributed by atoms with Crippen LogP contribution >= 0.6 is 23.2 Å². The number of aryl methyl sites for hydroxylation is 1. The Morgan fingerprint density at radius 2 is 1.90 bits per heavy atom. The fourth-order valence-electron chi connectivity index (χ4n) is 2.98. The molecule has 1 aromatic heterocycles. The van der Waals surface area contributed by atoms with Crippen LogP contribution in [0.15, 0.2) is 48.5 Å². The van der Waals surface area contributed by atoms with Crippen LogP contribution in [0.2, 0.25) is 10.0 Å². The van der Waals surface area contributed by atoms with E-state index in [0.29, 0.717) is 32.4 Å². The van der Waals surface area contributed by atoms with Gasteiger partial charge in [0.2, 0.25) is 0 Å². The molecule has 2 aromatic carbocycles. The van der Waals surface area contributed by atoms with E-state index in [9.17, 15) is 14.3 Å². The number of amides is 1. The van der Waals surface area contributed by atoms with Crippen molar-refractivity contribution in [3.63, 3.8) is 0 Å². The SMILES string of the molecule is Cc1cc(F)ccc1-c1cc(CO)cc(C(=O)NC(C)c2ccc(Cl)c(Cl)c2)n1. The third-order valence-electron chi connectivity index (χ3n) is 4.56. The van der Waals surface area contributed by atoms with Gasteiger partial charge in [-0.25, -0.2) is 9.37 Å². The van der Waals surface area contributed by atoms with Crippen molar-refractivity contribution in [1.29, 1.82) is 0 Å². The van der Waals surface area contributed by atoms with Gasteiger partial charge in [0.05, 0.1) is 28.4 Å². The molecular formula is C22H19Cl2FN2O2. The number of hydrogen-bond acceptors (Lipinski definition) is 3. The first-order valence-corrected chi connectivity index (χ1v) is 9.68. The Balaban J connectivity index is 1.91. The van der Waals surface area contributed by atoms with E-state index in [1.54, 1.807) is 37.3 Å². The second-order valence-corrected chi connectivity index (χ2v) is 7.55. The molecule has 0 saturated heterocycles. The van der Waals surface area contributed by atoms with E-state index in [2.05, 4.69) is 10.3 Å². The maximum Gasteiger partial charge on any atom is 0.270 e. The monoisotopic (exact) mass is 432 g/mol. The van der Waals surface area contributed by atoms with Gasteiger partial charge in [-0.15, -0.1) is 0 Å². The number of aliphatic hydroxyl groups is 1. The van der Waals surface area contributed by atoms with Gasteiger partial charge in [-0.05, 0) is 73.0 Å². The molecule has 3 rings (SSSR count). The lowest BCUT2D eigenvalue weighted by Crippen LogP contribution is -2.27. The molecule has 0 bridgehead atoms. The van der Waals surface area contributed by atoms with Crippen molar-refractivity contribution in [2.75, 3.05) is 0 Å². The molecule has 2 N–H and O–H groups in total. The third-order valence-corrected chi connectivity index (χ3v) is 5.30. The summed E-state index contributed by atoms with van der Waals surface area (Å²) in [5, 5.41) is 13.3. The molecule has 150 valence electrons. The van der Waals surface area contributed by atoms with Gasteiger partial charge in [0.25, 0.3) is 5.91 Å². The zero-order valence-corrected chi connectivity index (χ0v) is 17.4. The van der Waals surface area contributed by atoms with Gasteiger partial charge in [0.15, 0.2) is 0 Å². The van der Waals surface area contributed by atoms with Crippen LogP contribution in [0.25, 0.3) is 11.3 Å². The maximum atomic E-state index is 13.4. The van der Waals surface area contributed by atoms with Crippen molar-refractivity contribution < 1.29 is 14.3 Å². The minimum absolute atomic E-state index is 0.155. The Kier molecular flexibility index (Phi) is 6.52. The van der Waals surface area contributed by atoms with Crippen LogP contribution in [0.4, 0.5) is 4.39 Å². The molecular weight excluding hydrogens is 414 g/mol. The minimum Gasteiger partial charge on any atom is -0.392 e. The molecule has 3 aromatic rings. The lowest BCUT2D eigenvalue weighted by Gasteiger charge is -2.16. The fraction of sp³-hybridized carbons (Fsp3) is 0.182. The summed E-state index contributed by atoms with van der Waals surface area (Å²) in [6, 6.07) is 12.3. The second-order valence-electron chi connectivity index (χ2n) is 6.73. The number of aliphatic hydroxyl groups excluding tert-OH is 1. The zero-order valence-electron chi connectivity index (χ0n) is 15.8. The zero-order chi connectivity index (χ0) is 21.1. The van der Waals surface area contributed by atoms with Gasteiger partial charge < -0.3 is 10.4 Å². The van der Waals surface area contributed by atoms with Crippen LogP contribution in [0.5, 0.6) is 0 Å². The smallest absolute Gasteiger partial charge is 0.270 e. The highest BCUT2D eigenvalue weighted by Crippen LogP contribution is 2.27. The van der Waals surface area contributed by atoms with Crippen LogP contribution in [-0.2, 0) is 6.61 Å². The predicted octanol–water partition coefficient (Wildman–Crippen LogP) is 5.49. The number of pyridine rings is 1. The molecule has 7 heteroatoms. The molecule has 1 heterocycles. The van der Waals surface area contributed by atoms with Crippen molar-refractivity contribution >= 4 is 29.1 Å². The first-order chi connectivity index (χ1) is 13.8. The average molecular weight is 433 g/mol. The first-order valence-electron chi connectivity index (χ1n) is 8.92. The summed E-state index contributed by atoms with van der Waals surface area (Å²) in [5.41, 5.74) is 3.34. The normalized spacial score (nSPS) is 11.9. The Labute approximate surface area is 178 Å². The Bertz CT molecular complexity index is 1070. The maximum absolute atomic E-state index is 13.4. The summed E-state index contributed by atoms with van der Waals surface area (Å²) in [6.07, 6.45) is 0. The summed E-state index contributed by atoms with van der Waals surface area (Å²) in [4.78, 5) is 17.2. The Hall–Kier alpha value is -2.47. The van der Waals surface area contributed by atoms with E-state index in [1.807, 2.05) is 6.92 Å². The van der Waals surface area contributed by atoms with Crippen LogP contribution in [-0.4, -0.2) is 16.0 Å². The van der Waals surface area contributed by atoms with Crippen molar-refractivity contribution in [2.45, 2.75) is 26.5 Å². The number of nitrogens with one attached hydrogen (secondary N) is 1. The molecule has 1 atom stereocenters. The number of benzene rings is 2. The second kappa shape index (κ2) is 8.91. The lowest BCUT2D eigenvalue weighted by molar-refractivity contribution is 0.0934. The van der Waals surface area contributed by atoms with Crippen LogP contribution in [0.1, 0.15) is 40.1 Å². The number of aromatic nitrogens is 1. The molecule has 0 aliphatic rings. The standard InChI is InChI=1S/C22H19Cl2FN2O2/c1-12-7-16(25)4-5-17(12)20-8-14(11-28)9-21(27-20)22(29)26-13(2)15-3-6-18(23)19(24)10-15/h3-10,13,28H,11H2,1-2H3,(H,26,29). The molecule has 0 radical (unpaired) electrons.